The molecule has 5 nitrogen and oxygen atoms in total. The molecule has 1 aromatic rings. The Morgan fingerprint density at radius 3 is 2.79 bits per heavy atom. The SMILES string of the molecule is NCC1CCCCC1Oc1ccc([N+](=O)[O-])cc1I. The van der Waals surface area contributed by atoms with Crippen molar-refractivity contribution < 1.29 is 9.66 Å². The molecule has 0 spiro atoms. The predicted octanol–water partition coefficient (Wildman–Crippen LogP) is 3.10. The number of hydrogen-bond donors (Lipinski definition) is 1. The highest BCUT2D eigenvalue weighted by Crippen LogP contribution is 2.31. The van der Waals surface area contributed by atoms with Crippen molar-refractivity contribution >= 4 is 28.3 Å². The summed E-state index contributed by atoms with van der Waals surface area (Å²) in [4.78, 5) is 10.3. The maximum atomic E-state index is 10.7. The molecule has 6 heteroatoms. The molecule has 1 fully saturated rings. The average Bonchev–Trinajstić information content (AvgIpc) is 2.41. The number of non-ortho nitro benzene ring substituents is 1. The molecular weight excluding hydrogens is 359 g/mol. The second kappa shape index (κ2) is 6.51. The minimum Gasteiger partial charge on any atom is -0.489 e. The molecule has 1 saturated carbocycles. The minimum atomic E-state index is -0.394. The van der Waals surface area contributed by atoms with Crippen LogP contribution in [0.4, 0.5) is 5.69 Å². The smallest absolute Gasteiger partial charge is 0.270 e. The third-order valence-electron chi connectivity index (χ3n) is 3.55. The molecule has 0 heterocycles. The molecule has 1 aromatic carbocycles. The van der Waals surface area contributed by atoms with Gasteiger partial charge >= 0.3 is 0 Å². The summed E-state index contributed by atoms with van der Waals surface area (Å²) in [5, 5.41) is 10.7. The molecule has 0 bridgehead atoms. The maximum absolute atomic E-state index is 10.7. The fourth-order valence-electron chi connectivity index (χ4n) is 2.46. The van der Waals surface area contributed by atoms with E-state index in [0.717, 1.165) is 28.6 Å². The molecule has 19 heavy (non-hydrogen) atoms. The molecule has 0 aliphatic heterocycles. The summed E-state index contributed by atoms with van der Waals surface area (Å²) >= 11 is 2.07. The second-order valence-electron chi connectivity index (χ2n) is 4.81. The van der Waals surface area contributed by atoms with Crippen molar-refractivity contribution in [1.82, 2.24) is 0 Å². The fraction of sp³-hybridized carbons (Fsp3) is 0.538. The lowest BCUT2D eigenvalue weighted by Crippen LogP contribution is -2.35. The summed E-state index contributed by atoms with van der Waals surface area (Å²) < 4.78 is 6.79. The zero-order valence-electron chi connectivity index (χ0n) is 10.5. The van der Waals surface area contributed by atoms with E-state index in [1.165, 1.54) is 18.6 Å². The molecule has 2 unspecified atom stereocenters. The van der Waals surface area contributed by atoms with E-state index in [9.17, 15) is 10.1 Å². The van der Waals surface area contributed by atoms with Crippen molar-refractivity contribution in [2.45, 2.75) is 31.8 Å². The van der Waals surface area contributed by atoms with Crippen LogP contribution in [0.15, 0.2) is 18.2 Å². The lowest BCUT2D eigenvalue weighted by Gasteiger charge is -2.31. The summed E-state index contributed by atoms with van der Waals surface area (Å²) in [5.41, 5.74) is 5.87. The van der Waals surface area contributed by atoms with Gasteiger partial charge in [-0.25, -0.2) is 0 Å². The van der Waals surface area contributed by atoms with Crippen LogP contribution < -0.4 is 10.5 Å². The van der Waals surface area contributed by atoms with Crippen molar-refractivity contribution in [3.63, 3.8) is 0 Å². The monoisotopic (exact) mass is 376 g/mol. The number of ether oxygens (including phenoxy) is 1. The van der Waals surface area contributed by atoms with E-state index in [-0.39, 0.29) is 11.8 Å². The molecule has 0 saturated heterocycles. The van der Waals surface area contributed by atoms with Gasteiger partial charge in [-0.15, -0.1) is 0 Å². The number of nitrogens with two attached hydrogens (primary N) is 1. The number of halogens is 1. The molecule has 0 radical (unpaired) electrons. The largest absolute Gasteiger partial charge is 0.489 e. The van der Waals surface area contributed by atoms with Gasteiger partial charge in [0.1, 0.15) is 11.9 Å². The Kier molecular flexibility index (Phi) is 4.98. The standard InChI is InChI=1S/C13H17IN2O3/c14-11-7-10(16(17)18)5-6-13(11)19-12-4-2-1-3-9(12)8-15/h5-7,9,12H,1-4,8,15H2. The van der Waals surface area contributed by atoms with Gasteiger partial charge in [-0.2, -0.15) is 0 Å². The predicted molar refractivity (Wildman–Crippen MR) is 81.2 cm³/mol. The molecule has 1 aliphatic rings. The number of nitro groups is 1. The summed E-state index contributed by atoms with van der Waals surface area (Å²) in [6.07, 6.45) is 4.61. The Labute approximate surface area is 125 Å². The first-order chi connectivity index (χ1) is 9.11. The van der Waals surface area contributed by atoms with Crippen LogP contribution in [0.25, 0.3) is 0 Å². The zero-order chi connectivity index (χ0) is 13.8. The summed E-state index contributed by atoms with van der Waals surface area (Å²) in [7, 11) is 0. The summed E-state index contributed by atoms with van der Waals surface area (Å²) in [6.45, 7) is 0.633. The molecular formula is C13H17IN2O3. The van der Waals surface area contributed by atoms with Gasteiger partial charge in [0, 0.05) is 18.1 Å². The quantitative estimate of drug-likeness (QED) is 0.498. The third kappa shape index (κ3) is 3.56. The second-order valence-corrected chi connectivity index (χ2v) is 5.97. The van der Waals surface area contributed by atoms with Crippen LogP contribution in [-0.2, 0) is 0 Å². The van der Waals surface area contributed by atoms with E-state index in [0.29, 0.717) is 12.5 Å². The van der Waals surface area contributed by atoms with Gasteiger partial charge in [0.05, 0.1) is 8.49 Å². The van der Waals surface area contributed by atoms with Gasteiger partial charge in [0.25, 0.3) is 5.69 Å². The van der Waals surface area contributed by atoms with Crippen LogP contribution in [0.1, 0.15) is 25.7 Å². The summed E-state index contributed by atoms with van der Waals surface area (Å²) in [6, 6.07) is 4.70. The molecule has 0 amide bonds. The number of benzene rings is 1. The van der Waals surface area contributed by atoms with E-state index in [2.05, 4.69) is 22.6 Å². The van der Waals surface area contributed by atoms with Crippen LogP contribution >= 0.6 is 22.6 Å². The van der Waals surface area contributed by atoms with Crippen molar-refractivity contribution in [2.24, 2.45) is 11.7 Å². The Bertz CT molecular complexity index is 467. The van der Waals surface area contributed by atoms with Crippen molar-refractivity contribution in [3.8, 4) is 5.75 Å². The van der Waals surface area contributed by atoms with Crippen LogP contribution in [-0.4, -0.2) is 17.6 Å². The molecule has 2 rings (SSSR count). The molecule has 104 valence electrons. The van der Waals surface area contributed by atoms with Gasteiger partial charge in [-0.1, -0.05) is 6.42 Å². The van der Waals surface area contributed by atoms with Crippen molar-refractivity contribution in [3.05, 3.63) is 31.9 Å². The van der Waals surface area contributed by atoms with Gasteiger partial charge in [-0.3, -0.25) is 10.1 Å². The minimum absolute atomic E-state index is 0.0933. The molecule has 2 atom stereocenters. The van der Waals surface area contributed by atoms with Crippen molar-refractivity contribution in [1.29, 1.82) is 0 Å². The molecule has 2 N–H and O–H groups in total. The lowest BCUT2D eigenvalue weighted by molar-refractivity contribution is -0.385. The number of hydrogen-bond acceptors (Lipinski definition) is 4. The highest BCUT2D eigenvalue weighted by atomic mass is 127. The van der Waals surface area contributed by atoms with Gasteiger partial charge in [-0.05, 0) is 54.5 Å². The van der Waals surface area contributed by atoms with Gasteiger partial charge in [0.2, 0.25) is 0 Å². The van der Waals surface area contributed by atoms with E-state index in [1.54, 1.807) is 6.07 Å². The third-order valence-corrected chi connectivity index (χ3v) is 4.39. The fourth-order valence-corrected chi connectivity index (χ4v) is 3.09. The van der Waals surface area contributed by atoms with E-state index in [1.807, 2.05) is 0 Å². The van der Waals surface area contributed by atoms with E-state index < -0.39 is 4.92 Å². The Balaban J connectivity index is 2.11. The molecule has 1 aliphatic carbocycles. The van der Waals surface area contributed by atoms with Crippen LogP contribution in [0, 0.1) is 19.6 Å². The number of rotatable bonds is 4. The van der Waals surface area contributed by atoms with E-state index >= 15 is 0 Å². The van der Waals surface area contributed by atoms with E-state index in [4.69, 9.17) is 10.5 Å². The zero-order valence-corrected chi connectivity index (χ0v) is 12.7. The first-order valence-corrected chi connectivity index (χ1v) is 7.50. The number of nitrogens with zero attached hydrogens (tertiary/aromatic N) is 1. The number of nitro benzene ring substituents is 1. The van der Waals surface area contributed by atoms with Gasteiger partial charge < -0.3 is 10.5 Å². The van der Waals surface area contributed by atoms with Gasteiger partial charge in [0.15, 0.2) is 0 Å². The Morgan fingerprint density at radius 1 is 1.42 bits per heavy atom. The highest BCUT2D eigenvalue weighted by Gasteiger charge is 2.26. The Hall–Kier alpha value is -0.890. The Morgan fingerprint density at radius 2 is 2.16 bits per heavy atom. The lowest BCUT2D eigenvalue weighted by atomic mass is 9.86. The maximum Gasteiger partial charge on any atom is 0.270 e. The first kappa shape index (κ1) is 14.5. The van der Waals surface area contributed by atoms with Crippen LogP contribution in [0.5, 0.6) is 5.75 Å². The highest BCUT2D eigenvalue weighted by molar-refractivity contribution is 14.1. The topological polar surface area (TPSA) is 78.4 Å². The average molecular weight is 376 g/mol. The first-order valence-electron chi connectivity index (χ1n) is 6.42. The molecule has 0 aromatic heterocycles. The normalized spacial score (nSPS) is 23.1. The summed E-state index contributed by atoms with van der Waals surface area (Å²) in [5.74, 6) is 1.11. The van der Waals surface area contributed by atoms with Crippen molar-refractivity contribution in [2.75, 3.05) is 6.54 Å². The van der Waals surface area contributed by atoms with Crippen LogP contribution in [0.3, 0.4) is 0 Å². The van der Waals surface area contributed by atoms with Crippen LogP contribution in [0.2, 0.25) is 0 Å².